The molecule has 0 unspecified atom stereocenters. The first-order valence-electron chi connectivity index (χ1n) is 7.02. The molecule has 0 saturated carbocycles. The summed E-state index contributed by atoms with van der Waals surface area (Å²) in [5.41, 5.74) is 0.808. The van der Waals surface area contributed by atoms with Gasteiger partial charge in [-0.3, -0.25) is 9.59 Å². The van der Waals surface area contributed by atoms with Gasteiger partial charge in [-0.05, 0) is 5.56 Å². The molecule has 1 aliphatic heterocycles. The van der Waals surface area contributed by atoms with E-state index in [2.05, 4.69) is 5.32 Å². The van der Waals surface area contributed by atoms with E-state index < -0.39 is 24.5 Å². The fourth-order valence-electron chi connectivity index (χ4n) is 1.86. The molecule has 0 atom stereocenters. The topological polar surface area (TPSA) is 102 Å². The second-order valence-corrected chi connectivity index (χ2v) is 4.85. The Morgan fingerprint density at radius 2 is 1.87 bits per heavy atom. The van der Waals surface area contributed by atoms with Gasteiger partial charge in [0.25, 0.3) is 5.91 Å². The van der Waals surface area contributed by atoms with Crippen molar-refractivity contribution in [1.82, 2.24) is 10.4 Å². The quantitative estimate of drug-likeness (QED) is 0.850. The van der Waals surface area contributed by atoms with Crippen LogP contribution in [0.3, 0.4) is 0 Å². The van der Waals surface area contributed by atoms with Gasteiger partial charge >= 0.3 is 12.1 Å². The predicted octanol–water partition coefficient (Wildman–Crippen LogP) is 0.562. The minimum atomic E-state index is -0.857. The Labute approximate surface area is 132 Å². The Morgan fingerprint density at radius 3 is 2.61 bits per heavy atom. The lowest BCUT2D eigenvalue weighted by Crippen LogP contribution is -2.43. The molecule has 8 nitrogen and oxygen atoms in total. The molecule has 2 amide bonds. The molecule has 1 aromatic carbocycles. The third-order valence-electron chi connectivity index (χ3n) is 3.02. The summed E-state index contributed by atoms with van der Waals surface area (Å²) in [6.07, 6.45) is -0.623. The van der Waals surface area contributed by atoms with Gasteiger partial charge in [-0.25, -0.2) is 9.59 Å². The SMILES string of the molecule is O=C1CCC(=O)N(OC(=O)CNC(=O)OCc2ccccc2)C1. The number of carbonyl (C=O) groups excluding carboxylic acids is 4. The lowest BCUT2D eigenvalue weighted by atomic mass is 10.1. The number of Topliss-reactive ketones (excluding diaryl/α,β-unsaturated/α-hetero) is 1. The van der Waals surface area contributed by atoms with E-state index >= 15 is 0 Å². The van der Waals surface area contributed by atoms with E-state index in [9.17, 15) is 19.2 Å². The van der Waals surface area contributed by atoms with Crippen LogP contribution in [0.4, 0.5) is 4.79 Å². The van der Waals surface area contributed by atoms with Crippen LogP contribution in [0.25, 0.3) is 0 Å². The van der Waals surface area contributed by atoms with E-state index in [-0.39, 0.29) is 31.8 Å². The highest BCUT2D eigenvalue weighted by Crippen LogP contribution is 2.08. The predicted molar refractivity (Wildman–Crippen MR) is 76.7 cm³/mol. The van der Waals surface area contributed by atoms with Crippen molar-refractivity contribution in [2.24, 2.45) is 0 Å². The molecular weight excluding hydrogens is 304 g/mol. The minimum absolute atomic E-state index is 0.0126. The zero-order valence-electron chi connectivity index (χ0n) is 12.3. The first kappa shape index (κ1) is 16.5. The Balaban J connectivity index is 1.68. The number of amides is 2. The summed E-state index contributed by atoms with van der Waals surface area (Å²) < 4.78 is 4.91. The molecule has 1 aromatic rings. The van der Waals surface area contributed by atoms with Crippen LogP contribution in [0.15, 0.2) is 30.3 Å². The molecule has 0 aromatic heterocycles. The molecule has 0 radical (unpaired) electrons. The van der Waals surface area contributed by atoms with Gasteiger partial charge in [-0.15, -0.1) is 0 Å². The molecule has 8 heteroatoms. The highest BCUT2D eigenvalue weighted by molar-refractivity contribution is 5.93. The number of hydroxylamine groups is 2. The zero-order chi connectivity index (χ0) is 16.7. The monoisotopic (exact) mass is 320 g/mol. The Morgan fingerprint density at radius 1 is 1.13 bits per heavy atom. The first-order valence-corrected chi connectivity index (χ1v) is 7.02. The van der Waals surface area contributed by atoms with E-state index in [1.54, 1.807) is 12.1 Å². The molecule has 1 heterocycles. The van der Waals surface area contributed by atoms with Gasteiger partial charge in [0.15, 0.2) is 5.78 Å². The Hall–Kier alpha value is -2.90. The van der Waals surface area contributed by atoms with Gasteiger partial charge in [-0.2, -0.15) is 5.06 Å². The molecule has 0 aliphatic carbocycles. The van der Waals surface area contributed by atoms with Gasteiger partial charge in [0.05, 0.1) is 0 Å². The van der Waals surface area contributed by atoms with Gasteiger partial charge in [0.2, 0.25) is 0 Å². The molecular formula is C15H16N2O6. The summed E-state index contributed by atoms with van der Waals surface area (Å²) in [7, 11) is 0. The van der Waals surface area contributed by atoms with Crippen LogP contribution in [0.1, 0.15) is 18.4 Å². The van der Waals surface area contributed by atoms with Crippen LogP contribution in [-0.4, -0.2) is 41.9 Å². The molecule has 0 spiro atoms. The van der Waals surface area contributed by atoms with Crippen LogP contribution >= 0.6 is 0 Å². The van der Waals surface area contributed by atoms with Crippen LogP contribution in [0.5, 0.6) is 0 Å². The largest absolute Gasteiger partial charge is 0.445 e. The van der Waals surface area contributed by atoms with Crippen LogP contribution in [-0.2, 0) is 30.6 Å². The van der Waals surface area contributed by atoms with Crippen molar-refractivity contribution in [3.05, 3.63) is 35.9 Å². The van der Waals surface area contributed by atoms with Gasteiger partial charge in [0, 0.05) is 12.8 Å². The first-order chi connectivity index (χ1) is 11.0. The number of ether oxygens (including phenoxy) is 1. The van der Waals surface area contributed by atoms with Crippen molar-refractivity contribution in [3.63, 3.8) is 0 Å². The van der Waals surface area contributed by atoms with E-state index in [0.29, 0.717) is 5.06 Å². The normalized spacial score (nSPS) is 14.3. The Bertz CT molecular complexity index is 601. The third-order valence-corrected chi connectivity index (χ3v) is 3.02. The molecule has 122 valence electrons. The molecule has 1 N–H and O–H groups in total. The number of carbonyl (C=O) groups is 4. The van der Waals surface area contributed by atoms with E-state index in [4.69, 9.17) is 9.57 Å². The fraction of sp³-hybridized carbons (Fsp3) is 0.333. The lowest BCUT2D eigenvalue weighted by Gasteiger charge is -2.23. The number of alkyl carbamates (subject to hydrolysis) is 1. The summed E-state index contributed by atoms with van der Waals surface area (Å²) >= 11 is 0. The van der Waals surface area contributed by atoms with E-state index in [1.165, 1.54) is 0 Å². The summed E-state index contributed by atoms with van der Waals surface area (Å²) in [5.74, 6) is -1.48. The number of benzene rings is 1. The number of ketones is 1. The highest BCUT2D eigenvalue weighted by Gasteiger charge is 2.27. The van der Waals surface area contributed by atoms with Crippen molar-refractivity contribution in [3.8, 4) is 0 Å². The smallest absolute Gasteiger partial charge is 0.407 e. The maximum Gasteiger partial charge on any atom is 0.407 e. The third kappa shape index (κ3) is 5.42. The summed E-state index contributed by atoms with van der Waals surface area (Å²) in [5, 5.41) is 2.92. The maximum absolute atomic E-state index is 11.5. The van der Waals surface area contributed by atoms with Crippen LogP contribution < -0.4 is 5.32 Å². The molecule has 2 rings (SSSR count). The van der Waals surface area contributed by atoms with Gasteiger partial charge in [-0.1, -0.05) is 30.3 Å². The van der Waals surface area contributed by atoms with Crippen molar-refractivity contribution in [2.75, 3.05) is 13.1 Å². The highest BCUT2D eigenvalue weighted by atomic mass is 16.7. The molecule has 0 bridgehead atoms. The molecule has 1 aliphatic rings. The average molecular weight is 320 g/mol. The number of nitrogens with one attached hydrogen (secondary N) is 1. The van der Waals surface area contributed by atoms with E-state index in [1.807, 2.05) is 18.2 Å². The van der Waals surface area contributed by atoms with Crippen molar-refractivity contribution < 1.29 is 28.8 Å². The maximum atomic E-state index is 11.5. The summed E-state index contributed by atoms with van der Waals surface area (Å²) in [6, 6.07) is 9.04. The lowest BCUT2D eigenvalue weighted by molar-refractivity contribution is -0.200. The van der Waals surface area contributed by atoms with Crippen LogP contribution in [0.2, 0.25) is 0 Å². The van der Waals surface area contributed by atoms with E-state index in [0.717, 1.165) is 5.56 Å². The summed E-state index contributed by atoms with van der Waals surface area (Å²) in [6.45, 7) is -0.657. The number of nitrogens with zero attached hydrogens (tertiary/aromatic N) is 1. The van der Waals surface area contributed by atoms with Gasteiger partial charge < -0.3 is 14.9 Å². The standard InChI is InChI=1S/C15H16N2O6/c18-12-6-7-13(19)17(9-12)23-14(20)8-16-15(21)22-10-11-4-2-1-3-5-11/h1-5H,6-10H2,(H,16,21). The number of piperidine rings is 1. The number of hydrogen-bond acceptors (Lipinski definition) is 6. The average Bonchev–Trinajstić information content (AvgIpc) is 2.55. The Kier molecular flexibility index (Phi) is 5.67. The van der Waals surface area contributed by atoms with Crippen molar-refractivity contribution in [1.29, 1.82) is 0 Å². The fourth-order valence-corrected chi connectivity index (χ4v) is 1.86. The second-order valence-electron chi connectivity index (χ2n) is 4.85. The molecule has 23 heavy (non-hydrogen) atoms. The molecule has 1 saturated heterocycles. The van der Waals surface area contributed by atoms with Crippen LogP contribution in [0, 0.1) is 0 Å². The summed E-state index contributed by atoms with van der Waals surface area (Å²) in [4.78, 5) is 50.4. The number of rotatable bonds is 5. The van der Waals surface area contributed by atoms with Crippen molar-refractivity contribution >= 4 is 23.8 Å². The molecule has 1 fully saturated rings. The number of hydrogen-bond donors (Lipinski definition) is 1. The minimum Gasteiger partial charge on any atom is -0.445 e. The van der Waals surface area contributed by atoms with Crippen molar-refractivity contribution in [2.45, 2.75) is 19.4 Å². The van der Waals surface area contributed by atoms with Gasteiger partial charge in [0.1, 0.15) is 19.7 Å². The zero-order valence-corrected chi connectivity index (χ0v) is 12.3. The second kappa shape index (κ2) is 7.92.